The van der Waals surface area contributed by atoms with Crippen LogP contribution in [-0.4, -0.2) is 47.9 Å². The number of carbonyl (C=O) groups excluding carboxylic acids is 2. The molecule has 2 fully saturated rings. The van der Waals surface area contributed by atoms with E-state index in [0.29, 0.717) is 43.9 Å². The highest BCUT2D eigenvalue weighted by molar-refractivity contribution is 5.93. The molecule has 2 N–H and O–H groups in total. The van der Waals surface area contributed by atoms with E-state index in [2.05, 4.69) is 4.98 Å². The van der Waals surface area contributed by atoms with Crippen LogP contribution in [0.3, 0.4) is 0 Å². The topological polar surface area (TPSA) is 116 Å². The molecule has 0 bridgehead atoms. The van der Waals surface area contributed by atoms with E-state index >= 15 is 0 Å². The van der Waals surface area contributed by atoms with Gasteiger partial charge in [-0.3, -0.25) is 9.59 Å². The Labute approximate surface area is 187 Å². The summed E-state index contributed by atoms with van der Waals surface area (Å²) in [5.74, 6) is -1.33. The van der Waals surface area contributed by atoms with Crippen LogP contribution in [0.2, 0.25) is 0 Å². The van der Waals surface area contributed by atoms with Gasteiger partial charge in [0, 0.05) is 37.3 Å². The first-order valence-corrected chi connectivity index (χ1v) is 10.4. The highest BCUT2D eigenvalue weighted by Gasteiger charge is 2.52. The van der Waals surface area contributed by atoms with Gasteiger partial charge >= 0.3 is 6.18 Å². The van der Waals surface area contributed by atoms with Crippen molar-refractivity contribution < 1.29 is 27.2 Å². The number of halogens is 3. The summed E-state index contributed by atoms with van der Waals surface area (Å²) in [7, 11) is 0. The van der Waals surface area contributed by atoms with E-state index in [1.807, 2.05) is 0 Å². The number of aromatic nitrogens is 1. The predicted molar refractivity (Wildman–Crippen MR) is 110 cm³/mol. The largest absolute Gasteiger partial charge is 0.438 e. The minimum Gasteiger partial charge on any atom is -0.438 e. The Hall–Kier alpha value is -3.55. The van der Waals surface area contributed by atoms with Crippen LogP contribution in [0.15, 0.2) is 29.0 Å². The summed E-state index contributed by atoms with van der Waals surface area (Å²) >= 11 is 0. The Morgan fingerprint density at radius 1 is 1.30 bits per heavy atom. The van der Waals surface area contributed by atoms with Crippen molar-refractivity contribution in [3.63, 3.8) is 0 Å². The highest BCUT2D eigenvalue weighted by Crippen LogP contribution is 2.46. The molecule has 1 spiro atoms. The third kappa shape index (κ3) is 4.01. The molecule has 0 aliphatic carbocycles. The summed E-state index contributed by atoms with van der Waals surface area (Å²) in [6.45, 7) is 2.88. The van der Waals surface area contributed by atoms with Crippen molar-refractivity contribution >= 4 is 17.5 Å². The molecule has 1 atom stereocenters. The first-order chi connectivity index (χ1) is 15.6. The lowest BCUT2D eigenvalue weighted by atomic mass is 9.70. The molecule has 0 saturated carbocycles. The smallest absolute Gasteiger partial charge is 0.417 e. The number of amides is 2. The van der Waals surface area contributed by atoms with E-state index in [9.17, 15) is 22.8 Å². The molecule has 0 radical (unpaired) electrons. The zero-order valence-electron chi connectivity index (χ0n) is 17.9. The van der Waals surface area contributed by atoms with Crippen LogP contribution in [0, 0.1) is 29.6 Å². The Bertz CT molecular complexity index is 1130. The number of nitrogens with zero attached hydrogens (tertiary/aromatic N) is 4. The number of hydrogen-bond donors (Lipinski definition) is 1. The van der Waals surface area contributed by atoms with Crippen LogP contribution in [0.1, 0.15) is 40.2 Å². The number of primary amides is 1. The fourth-order valence-electron chi connectivity index (χ4n) is 4.94. The Balaban J connectivity index is 1.54. The van der Waals surface area contributed by atoms with Crippen molar-refractivity contribution in [2.45, 2.75) is 25.9 Å². The molecule has 2 saturated heterocycles. The maximum Gasteiger partial charge on any atom is 0.417 e. The maximum absolute atomic E-state index is 13.4. The Kier molecular flexibility index (Phi) is 5.56. The third-order valence-corrected chi connectivity index (χ3v) is 6.77. The number of benzene rings is 1. The van der Waals surface area contributed by atoms with Crippen molar-refractivity contribution in [2.75, 3.05) is 31.1 Å². The number of nitrogens with two attached hydrogens (primary N) is 1. The van der Waals surface area contributed by atoms with Crippen LogP contribution in [0.25, 0.3) is 0 Å². The Morgan fingerprint density at radius 2 is 2.00 bits per heavy atom. The van der Waals surface area contributed by atoms with E-state index in [1.54, 1.807) is 22.8 Å². The molecule has 2 aliphatic heterocycles. The number of anilines is 1. The van der Waals surface area contributed by atoms with Gasteiger partial charge < -0.3 is 20.0 Å². The summed E-state index contributed by atoms with van der Waals surface area (Å²) < 4.78 is 45.3. The number of hydrogen-bond acceptors (Lipinski definition) is 6. The zero-order chi connectivity index (χ0) is 24.0. The monoisotopic (exact) mass is 461 g/mol. The number of alkyl halides is 3. The van der Waals surface area contributed by atoms with Crippen molar-refractivity contribution in [1.29, 1.82) is 5.26 Å². The second kappa shape index (κ2) is 8.10. The van der Waals surface area contributed by atoms with Crippen molar-refractivity contribution in [3.05, 3.63) is 47.2 Å². The van der Waals surface area contributed by atoms with E-state index in [-0.39, 0.29) is 18.2 Å². The van der Waals surface area contributed by atoms with Gasteiger partial charge in [-0.15, -0.1) is 0 Å². The molecule has 1 aromatic heterocycles. The highest BCUT2D eigenvalue weighted by atomic mass is 19.4. The summed E-state index contributed by atoms with van der Waals surface area (Å²) in [4.78, 5) is 32.4. The minimum absolute atomic E-state index is 0.116. The number of piperidine rings is 1. The lowest BCUT2D eigenvalue weighted by Crippen LogP contribution is -2.47. The number of carbonyl (C=O) groups is 2. The number of nitriles is 1. The number of oxazole rings is 1. The Morgan fingerprint density at radius 3 is 2.55 bits per heavy atom. The molecule has 2 aromatic rings. The lowest BCUT2D eigenvalue weighted by molar-refractivity contribution is -0.137. The first-order valence-electron chi connectivity index (χ1n) is 10.4. The van der Waals surface area contributed by atoms with Gasteiger partial charge in [0.2, 0.25) is 11.7 Å². The molecular weight excluding hydrogens is 439 g/mol. The molecule has 1 aromatic carbocycles. The number of rotatable bonds is 3. The average molecular weight is 461 g/mol. The van der Waals surface area contributed by atoms with Crippen LogP contribution in [0.5, 0.6) is 0 Å². The molecule has 2 amide bonds. The molecular formula is C22H22F3N5O3. The summed E-state index contributed by atoms with van der Waals surface area (Å²) in [5.41, 5.74) is 4.52. The fraction of sp³-hybridized carbons (Fsp3) is 0.455. The van der Waals surface area contributed by atoms with E-state index < -0.39 is 34.5 Å². The summed E-state index contributed by atoms with van der Waals surface area (Å²) in [6, 6.07) is 5.23. The van der Waals surface area contributed by atoms with Gasteiger partial charge in [0.15, 0.2) is 6.39 Å². The minimum atomic E-state index is -4.64. The predicted octanol–water partition coefficient (Wildman–Crippen LogP) is 2.72. The normalized spacial score (nSPS) is 20.2. The van der Waals surface area contributed by atoms with Crippen molar-refractivity contribution in [2.24, 2.45) is 17.1 Å². The quantitative estimate of drug-likeness (QED) is 0.751. The van der Waals surface area contributed by atoms with Gasteiger partial charge in [0.05, 0.1) is 28.8 Å². The molecule has 4 rings (SSSR count). The van der Waals surface area contributed by atoms with Crippen LogP contribution < -0.4 is 10.6 Å². The summed E-state index contributed by atoms with van der Waals surface area (Å²) in [5, 5.41) is 9.01. The fourth-order valence-corrected chi connectivity index (χ4v) is 4.94. The standard InChI is InChI=1S/C22H22F3N5O3/c1-13-18(33-12-28-13)20(32)30-10-17(19(27)31)21(11-30)4-6-29(7-5-21)15-3-2-14(9-26)16(8-15)22(23,24)25/h2-3,8,12,17H,4-7,10-11H2,1H3,(H2,27,31). The number of likely N-dealkylation sites (tertiary alicyclic amines) is 1. The second-order valence-electron chi connectivity index (χ2n) is 8.60. The molecule has 8 nitrogen and oxygen atoms in total. The molecule has 1 unspecified atom stereocenters. The van der Waals surface area contributed by atoms with Crippen molar-refractivity contribution in [1.82, 2.24) is 9.88 Å². The van der Waals surface area contributed by atoms with Crippen molar-refractivity contribution in [3.8, 4) is 6.07 Å². The van der Waals surface area contributed by atoms with Crippen LogP contribution >= 0.6 is 0 Å². The molecule has 3 heterocycles. The van der Waals surface area contributed by atoms with Crippen LogP contribution in [0.4, 0.5) is 18.9 Å². The molecule has 174 valence electrons. The second-order valence-corrected chi connectivity index (χ2v) is 8.60. The van der Waals surface area contributed by atoms with E-state index in [4.69, 9.17) is 15.4 Å². The van der Waals surface area contributed by atoms with Gasteiger partial charge in [-0.1, -0.05) is 0 Å². The van der Waals surface area contributed by atoms with Crippen LogP contribution in [-0.2, 0) is 11.0 Å². The van der Waals surface area contributed by atoms with Gasteiger partial charge in [-0.25, -0.2) is 4.98 Å². The van der Waals surface area contributed by atoms with Gasteiger partial charge in [0.25, 0.3) is 5.91 Å². The zero-order valence-corrected chi connectivity index (χ0v) is 17.9. The van der Waals surface area contributed by atoms with E-state index in [1.165, 1.54) is 18.5 Å². The molecule has 11 heteroatoms. The first kappa shape index (κ1) is 22.6. The van der Waals surface area contributed by atoms with Gasteiger partial charge in [-0.2, -0.15) is 18.4 Å². The third-order valence-electron chi connectivity index (χ3n) is 6.77. The average Bonchev–Trinajstić information content (AvgIpc) is 3.37. The molecule has 2 aliphatic rings. The number of aryl methyl sites for hydroxylation is 1. The summed E-state index contributed by atoms with van der Waals surface area (Å²) in [6.07, 6.45) is -2.51. The lowest BCUT2D eigenvalue weighted by Gasteiger charge is -2.42. The van der Waals surface area contributed by atoms with Gasteiger partial charge in [0.1, 0.15) is 0 Å². The maximum atomic E-state index is 13.4. The molecule has 33 heavy (non-hydrogen) atoms. The van der Waals surface area contributed by atoms with E-state index in [0.717, 1.165) is 6.07 Å². The van der Waals surface area contributed by atoms with Gasteiger partial charge in [-0.05, 0) is 38.0 Å². The SMILES string of the molecule is Cc1ncoc1C(=O)N1CC(C(N)=O)C2(CCN(c3ccc(C#N)c(C(F)(F)F)c3)CC2)C1.